The average molecular weight is 550 g/mol. The molecule has 0 saturated carbocycles. The lowest BCUT2D eigenvalue weighted by molar-refractivity contribution is 0.0373. The lowest BCUT2D eigenvalue weighted by atomic mass is 9.83. The van der Waals surface area contributed by atoms with Crippen molar-refractivity contribution in [3.63, 3.8) is 0 Å². The highest BCUT2D eigenvalue weighted by Gasteiger charge is 2.34. The second-order valence-corrected chi connectivity index (χ2v) is 9.45. The quantitative estimate of drug-likeness (QED) is 0.104. The third kappa shape index (κ3) is 1.96. The van der Waals surface area contributed by atoms with E-state index in [0.717, 1.165) is 32.3 Å². The van der Waals surface area contributed by atoms with Gasteiger partial charge in [0, 0.05) is 35.9 Å². The topological polar surface area (TPSA) is 86.7 Å². The molecule has 0 atom stereocenters. The first-order chi connectivity index (χ1) is 15.4. The molecule has 2 aliphatic rings. The van der Waals surface area contributed by atoms with E-state index in [-0.39, 0.29) is 0 Å². The fraction of sp³-hybridized carbons (Fsp3) is 0. The molecule has 5 aromatic carbocycles. The molecule has 0 spiro atoms. The van der Waals surface area contributed by atoms with Crippen molar-refractivity contribution in [1.82, 2.24) is 0 Å². The normalized spacial score (nSPS) is 15.3. The van der Waals surface area contributed by atoms with Crippen LogP contribution in [0.4, 0.5) is 0 Å². The standard InChI is InChI=1S/C24H6Br2O6/c25-13-5-11-17-12(24(30)32-23(11)29)6-14(26)19-8-2-4-10-16-9(21(27)31-22(10)28)3-1-7(15(8)16)18(13)20(17)19/h1-6H. The van der Waals surface area contributed by atoms with Gasteiger partial charge in [0.25, 0.3) is 0 Å². The molecule has 0 radical (unpaired) electrons. The van der Waals surface area contributed by atoms with Crippen LogP contribution in [0.5, 0.6) is 0 Å². The Labute approximate surface area is 194 Å². The number of ether oxygens (including phenoxy) is 2. The van der Waals surface area contributed by atoms with Crippen molar-refractivity contribution in [1.29, 1.82) is 0 Å². The average Bonchev–Trinajstić information content (AvgIpc) is 2.75. The first-order valence-electron chi connectivity index (χ1n) is 9.49. The highest BCUT2D eigenvalue weighted by Crippen LogP contribution is 2.50. The van der Waals surface area contributed by atoms with Gasteiger partial charge < -0.3 is 9.47 Å². The van der Waals surface area contributed by atoms with Crippen LogP contribution in [0.1, 0.15) is 41.4 Å². The molecule has 0 bridgehead atoms. The van der Waals surface area contributed by atoms with Gasteiger partial charge in [0.15, 0.2) is 0 Å². The maximum atomic E-state index is 12.5. The summed E-state index contributed by atoms with van der Waals surface area (Å²) in [5, 5.41) is 5.63. The Kier molecular flexibility index (Phi) is 3.25. The summed E-state index contributed by atoms with van der Waals surface area (Å²) in [5.74, 6) is -2.78. The molecule has 5 aromatic rings. The largest absolute Gasteiger partial charge is 0.386 e. The maximum absolute atomic E-state index is 12.5. The minimum atomic E-state index is -0.701. The van der Waals surface area contributed by atoms with Crippen molar-refractivity contribution in [3.05, 3.63) is 67.6 Å². The van der Waals surface area contributed by atoms with Crippen LogP contribution in [0.15, 0.2) is 45.3 Å². The van der Waals surface area contributed by atoms with Crippen molar-refractivity contribution in [2.45, 2.75) is 0 Å². The number of carbonyl (C=O) groups excluding carboxylic acids is 4. The summed E-state index contributed by atoms with van der Waals surface area (Å²) in [6.45, 7) is 0. The molecule has 152 valence electrons. The zero-order valence-corrected chi connectivity index (χ0v) is 18.8. The lowest BCUT2D eigenvalue weighted by Crippen LogP contribution is -2.20. The van der Waals surface area contributed by atoms with Crippen LogP contribution in [-0.2, 0) is 9.47 Å². The summed E-state index contributed by atoms with van der Waals surface area (Å²) in [4.78, 5) is 49.9. The Morgan fingerprint density at radius 3 is 1.34 bits per heavy atom. The van der Waals surface area contributed by atoms with E-state index < -0.39 is 23.9 Å². The number of hydrogen-bond donors (Lipinski definition) is 0. The van der Waals surface area contributed by atoms with Crippen molar-refractivity contribution < 1.29 is 28.7 Å². The number of hydrogen-bond acceptors (Lipinski definition) is 6. The number of cyclic esters (lactones) is 4. The molecule has 0 N–H and O–H groups in total. The number of rotatable bonds is 0. The van der Waals surface area contributed by atoms with E-state index in [2.05, 4.69) is 31.9 Å². The third-order valence-corrected chi connectivity index (χ3v) is 7.51. The van der Waals surface area contributed by atoms with Crippen LogP contribution in [-0.4, -0.2) is 23.9 Å². The van der Waals surface area contributed by atoms with Crippen LogP contribution >= 0.6 is 31.9 Å². The van der Waals surface area contributed by atoms with E-state index in [4.69, 9.17) is 9.47 Å². The number of esters is 4. The molecule has 6 nitrogen and oxygen atoms in total. The number of carbonyl (C=O) groups is 4. The van der Waals surface area contributed by atoms with E-state index in [1.54, 1.807) is 36.4 Å². The highest BCUT2D eigenvalue weighted by atomic mass is 79.9. The van der Waals surface area contributed by atoms with Crippen molar-refractivity contribution >= 4 is 98.8 Å². The molecule has 0 saturated heterocycles. The van der Waals surface area contributed by atoms with Gasteiger partial charge in [-0.3, -0.25) is 0 Å². The third-order valence-electron chi connectivity index (χ3n) is 6.26. The first kappa shape index (κ1) is 18.2. The monoisotopic (exact) mass is 548 g/mol. The Balaban J connectivity index is 1.88. The Morgan fingerprint density at radius 2 is 0.875 bits per heavy atom. The summed E-state index contributed by atoms with van der Waals surface area (Å²) in [5.41, 5.74) is 1.24. The molecule has 0 aromatic heterocycles. The van der Waals surface area contributed by atoms with Crippen LogP contribution in [0, 0.1) is 0 Å². The number of benzene rings is 5. The van der Waals surface area contributed by atoms with Gasteiger partial charge in [-0.25, -0.2) is 19.2 Å². The molecule has 2 aliphatic heterocycles. The Hall–Kier alpha value is -3.36. The molecule has 0 unspecified atom stereocenters. The van der Waals surface area contributed by atoms with E-state index in [1.165, 1.54) is 0 Å². The van der Waals surface area contributed by atoms with Gasteiger partial charge >= 0.3 is 23.9 Å². The number of halogens is 2. The van der Waals surface area contributed by atoms with Gasteiger partial charge in [0.05, 0.1) is 22.3 Å². The van der Waals surface area contributed by atoms with Crippen molar-refractivity contribution in [2.75, 3.05) is 0 Å². The minimum absolute atomic E-state index is 0.298. The Bertz CT molecular complexity index is 1700. The molecular formula is C24H6Br2O6. The zero-order valence-electron chi connectivity index (χ0n) is 15.7. The molecule has 0 amide bonds. The van der Waals surface area contributed by atoms with E-state index in [9.17, 15) is 19.2 Å². The predicted octanol–water partition coefficient (Wildman–Crippen LogP) is 5.88. The van der Waals surface area contributed by atoms with Crippen molar-refractivity contribution in [3.8, 4) is 0 Å². The van der Waals surface area contributed by atoms with Gasteiger partial charge in [-0.15, -0.1) is 0 Å². The Morgan fingerprint density at radius 1 is 0.469 bits per heavy atom. The maximum Gasteiger partial charge on any atom is 0.346 e. The molecule has 0 aliphatic carbocycles. The smallest absolute Gasteiger partial charge is 0.346 e. The predicted molar refractivity (Wildman–Crippen MR) is 123 cm³/mol. The van der Waals surface area contributed by atoms with Gasteiger partial charge in [0.2, 0.25) is 0 Å². The summed E-state index contributed by atoms with van der Waals surface area (Å²) in [6.07, 6.45) is 0. The summed E-state index contributed by atoms with van der Waals surface area (Å²) in [6, 6.07) is 10.2. The zero-order chi connectivity index (χ0) is 22.0. The lowest BCUT2D eigenvalue weighted by Gasteiger charge is -2.24. The van der Waals surface area contributed by atoms with Crippen LogP contribution < -0.4 is 0 Å². The van der Waals surface area contributed by atoms with Crippen LogP contribution in [0.2, 0.25) is 0 Å². The molecule has 8 heteroatoms. The SMILES string of the molecule is O=C1OC(=O)c2ccc3c4c(Br)cc5c6c(cc(Br)c(c7ccc1c2c73)c64)C(=O)OC5=O. The molecular weight excluding hydrogens is 544 g/mol. The fourth-order valence-corrected chi connectivity index (χ4v) is 6.34. The second-order valence-electron chi connectivity index (χ2n) is 7.74. The van der Waals surface area contributed by atoms with Gasteiger partial charge in [-0.2, -0.15) is 0 Å². The molecule has 32 heavy (non-hydrogen) atoms. The molecule has 7 rings (SSSR count). The van der Waals surface area contributed by atoms with Crippen LogP contribution in [0.3, 0.4) is 0 Å². The van der Waals surface area contributed by atoms with E-state index in [1.807, 2.05) is 0 Å². The summed E-state index contributed by atoms with van der Waals surface area (Å²) < 4.78 is 11.1. The van der Waals surface area contributed by atoms with Gasteiger partial charge in [-0.1, -0.05) is 44.0 Å². The van der Waals surface area contributed by atoms with E-state index in [0.29, 0.717) is 42.0 Å². The number of fused-ring (bicyclic) bond motifs is 2. The second kappa shape index (κ2) is 5.70. The van der Waals surface area contributed by atoms with Crippen LogP contribution in [0.25, 0.3) is 43.1 Å². The van der Waals surface area contributed by atoms with E-state index >= 15 is 0 Å². The summed E-state index contributed by atoms with van der Waals surface area (Å²) >= 11 is 7.19. The fourth-order valence-electron chi connectivity index (χ4n) is 5.06. The molecule has 2 heterocycles. The first-order valence-corrected chi connectivity index (χ1v) is 11.1. The highest BCUT2D eigenvalue weighted by molar-refractivity contribution is 9.11. The van der Waals surface area contributed by atoms with Crippen molar-refractivity contribution in [2.24, 2.45) is 0 Å². The summed E-state index contributed by atoms with van der Waals surface area (Å²) in [7, 11) is 0. The molecule has 0 fully saturated rings. The van der Waals surface area contributed by atoms with Gasteiger partial charge in [-0.05, 0) is 40.4 Å². The van der Waals surface area contributed by atoms with Gasteiger partial charge in [0.1, 0.15) is 0 Å². The minimum Gasteiger partial charge on any atom is -0.386 e.